The highest BCUT2D eigenvalue weighted by molar-refractivity contribution is 7.99. The molecule has 0 fully saturated rings. The van der Waals surface area contributed by atoms with Gasteiger partial charge in [0, 0.05) is 17.3 Å². The fraction of sp³-hybridized carbons (Fsp3) is 0.192. The standard InChI is InChI=1S/C26H24ClN3O2S/c1-3-29(21-8-6-7-18(2)15-21)24(31)17-33-26-28-23-10-5-4-9-22(23)25(32)30(26)16-19-11-13-20(27)14-12-19/h4-15H,3,16-17H2,1-2H3. The minimum atomic E-state index is -0.128. The maximum atomic E-state index is 13.3. The second kappa shape index (κ2) is 10.2. The van der Waals surface area contributed by atoms with Crippen molar-refractivity contribution < 1.29 is 4.79 Å². The van der Waals surface area contributed by atoms with Crippen LogP contribution in [-0.4, -0.2) is 27.8 Å². The van der Waals surface area contributed by atoms with E-state index in [1.165, 1.54) is 11.8 Å². The molecule has 3 aromatic carbocycles. The maximum absolute atomic E-state index is 13.3. The van der Waals surface area contributed by atoms with Gasteiger partial charge < -0.3 is 4.90 Å². The molecule has 4 aromatic rings. The molecule has 0 N–H and O–H groups in total. The summed E-state index contributed by atoms with van der Waals surface area (Å²) in [6, 6.07) is 22.5. The van der Waals surface area contributed by atoms with Crippen molar-refractivity contribution in [2.75, 3.05) is 17.2 Å². The summed E-state index contributed by atoms with van der Waals surface area (Å²) in [6.45, 7) is 4.87. The normalized spacial score (nSPS) is 11.0. The van der Waals surface area contributed by atoms with E-state index in [-0.39, 0.29) is 17.2 Å². The number of carbonyl (C=O) groups is 1. The Hall–Kier alpha value is -3.09. The molecule has 0 saturated carbocycles. The van der Waals surface area contributed by atoms with E-state index in [0.29, 0.717) is 34.2 Å². The van der Waals surface area contributed by atoms with Crippen LogP contribution < -0.4 is 10.5 Å². The van der Waals surface area contributed by atoms with Gasteiger partial charge in [0.25, 0.3) is 5.56 Å². The van der Waals surface area contributed by atoms with Crippen LogP contribution in [-0.2, 0) is 11.3 Å². The molecule has 1 heterocycles. The van der Waals surface area contributed by atoms with Crippen molar-refractivity contribution in [3.63, 3.8) is 0 Å². The van der Waals surface area contributed by atoms with Crippen LogP contribution in [0, 0.1) is 6.92 Å². The van der Waals surface area contributed by atoms with Crippen molar-refractivity contribution in [2.45, 2.75) is 25.5 Å². The van der Waals surface area contributed by atoms with Gasteiger partial charge in [0.15, 0.2) is 5.16 Å². The van der Waals surface area contributed by atoms with E-state index in [1.807, 2.05) is 68.4 Å². The number of aryl methyl sites for hydroxylation is 1. The summed E-state index contributed by atoms with van der Waals surface area (Å²) >= 11 is 7.30. The number of rotatable bonds is 7. The molecule has 0 atom stereocenters. The number of hydrogen-bond donors (Lipinski definition) is 0. The molecule has 7 heteroatoms. The summed E-state index contributed by atoms with van der Waals surface area (Å²) < 4.78 is 1.63. The minimum Gasteiger partial charge on any atom is -0.312 e. The fourth-order valence-electron chi connectivity index (χ4n) is 3.67. The molecule has 0 radical (unpaired) electrons. The first kappa shape index (κ1) is 23.1. The lowest BCUT2D eigenvalue weighted by molar-refractivity contribution is -0.116. The first-order valence-electron chi connectivity index (χ1n) is 10.7. The number of fused-ring (bicyclic) bond motifs is 1. The van der Waals surface area contributed by atoms with Crippen molar-refractivity contribution in [3.8, 4) is 0 Å². The molecule has 0 saturated heterocycles. The van der Waals surface area contributed by atoms with Gasteiger partial charge in [-0.25, -0.2) is 4.98 Å². The number of hydrogen-bond acceptors (Lipinski definition) is 4. The highest BCUT2D eigenvalue weighted by Crippen LogP contribution is 2.22. The first-order valence-corrected chi connectivity index (χ1v) is 12.1. The zero-order valence-electron chi connectivity index (χ0n) is 18.5. The Labute approximate surface area is 202 Å². The molecule has 1 amide bonds. The van der Waals surface area contributed by atoms with Gasteiger partial charge in [0.05, 0.1) is 23.2 Å². The number of benzene rings is 3. The molecule has 33 heavy (non-hydrogen) atoms. The minimum absolute atomic E-state index is 0.0337. The summed E-state index contributed by atoms with van der Waals surface area (Å²) in [5, 5.41) is 1.71. The van der Waals surface area contributed by atoms with Gasteiger partial charge in [-0.2, -0.15) is 0 Å². The lowest BCUT2D eigenvalue weighted by Gasteiger charge is -2.21. The van der Waals surface area contributed by atoms with E-state index in [9.17, 15) is 9.59 Å². The molecule has 0 aliphatic rings. The molecule has 0 aliphatic heterocycles. The lowest BCUT2D eigenvalue weighted by atomic mass is 10.2. The zero-order valence-corrected chi connectivity index (χ0v) is 20.1. The molecule has 0 spiro atoms. The molecule has 4 rings (SSSR count). The molecule has 0 bridgehead atoms. The highest BCUT2D eigenvalue weighted by atomic mass is 35.5. The van der Waals surface area contributed by atoms with Gasteiger partial charge >= 0.3 is 0 Å². The van der Waals surface area contributed by atoms with E-state index in [1.54, 1.807) is 27.7 Å². The molecular weight excluding hydrogens is 454 g/mol. The number of thioether (sulfide) groups is 1. The molecule has 1 aromatic heterocycles. The molecule has 5 nitrogen and oxygen atoms in total. The SMILES string of the molecule is CCN(C(=O)CSc1nc2ccccc2c(=O)n1Cc1ccc(Cl)cc1)c1cccc(C)c1. The fourth-order valence-corrected chi connectivity index (χ4v) is 4.67. The molecule has 0 aliphatic carbocycles. The predicted octanol–water partition coefficient (Wildman–Crippen LogP) is 5.55. The van der Waals surface area contributed by atoms with E-state index >= 15 is 0 Å². The van der Waals surface area contributed by atoms with Crippen LogP contribution in [0.1, 0.15) is 18.1 Å². The molecule has 0 unspecified atom stereocenters. The van der Waals surface area contributed by atoms with Gasteiger partial charge in [-0.05, 0) is 61.4 Å². The number of nitrogens with zero attached hydrogens (tertiary/aromatic N) is 3. The monoisotopic (exact) mass is 477 g/mol. The Morgan fingerprint density at radius 2 is 1.82 bits per heavy atom. The predicted molar refractivity (Wildman–Crippen MR) is 136 cm³/mol. The van der Waals surface area contributed by atoms with Crippen molar-refractivity contribution in [1.29, 1.82) is 0 Å². The molecule has 168 valence electrons. The average Bonchev–Trinajstić information content (AvgIpc) is 2.81. The van der Waals surface area contributed by atoms with E-state index < -0.39 is 0 Å². The van der Waals surface area contributed by atoms with Crippen LogP contribution in [0.5, 0.6) is 0 Å². The Morgan fingerprint density at radius 3 is 2.55 bits per heavy atom. The van der Waals surface area contributed by atoms with Gasteiger partial charge in [-0.3, -0.25) is 14.2 Å². The van der Waals surface area contributed by atoms with E-state index in [4.69, 9.17) is 16.6 Å². The third-order valence-corrected chi connectivity index (χ3v) is 6.55. The van der Waals surface area contributed by atoms with Gasteiger partial charge in [-0.1, -0.05) is 59.8 Å². The summed E-state index contributed by atoms with van der Waals surface area (Å²) in [5.41, 5.74) is 3.39. The van der Waals surface area contributed by atoms with Crippen molar-refractivity contribution in [2.24, 2.45) is 0 Å². The number of aromatic nitrogens is 2. The topological polar surface area (TPSA) is 55.2 Å². The van der Waals surface area contributed by atoms with E-state index in [2.05, 4.69) is 0 Å². The van der Waals surface area contributed by atoms with Gasteiger partial charge in [0.1, 0.15) is 0 Å². The third kappa shape index (κ3) is 5.29. The Morgan fingerprint density at radius 1 is 1.06 bits per heavy atom. The van der Waals surface area contributed by atoms with Crippen LogP contribution in [0.3, 0.4) is 0 Å². The number of carbonyl (C=O) groups excluding carboxylic acids is 1. The summed E-state index contributed by atoms with van der Waals surface area (Å²) in [5.74, 6) is 0.140. The van der Waals surface area contributed by atoms with E-state index in [0.717, 1.165) is 16.8 Å². The van der Waals surface area contributed by atoms with Crippen molar-refractivity contribution >= 4 is 45.9 Å². The Bertz CT molecular complexity index is 1350. The van der Waals surface area contributed by atoms with Crippen molar-refractivity contribution in [3.05, 3.63) is 99.3 Å². The Kier molecular flexibility index (Phi) is 7.16. The maximum Gasteiger partial charge on any atom is 0.262 e. The van der Waals surface area contributed by atoms with Crippen LogP contribution >= 0.6 is 23.4 Å². The molecular formula is C26H24ClN3O2S. The Balaban J connectivity index is 1.65. The van der Waals surface area contributed by atoms with Crippen LogP contribution in [0.15, 0.2) is 82.7 Å². The third-order valence-electron chi connectivity index (χ3n) is 5.34. The quantitative estimate of drug-likeness (QED) is 0.258. The highest BCUT2D eigenvalue weighted by Gasteiger charge is 2.18. The van der Waals surface area contributed by atoms with Gasteiger partial charge in [0.2, 0.25) is 5.91 Å². The zero-order chi connectivity index (χ0) is 23.4. The van der Waals surface area contributed by atoms with Crippen LogP contribution in [0.4, 0.5) is 5.69 Å². The average molecular weight is 478 g/mol. The second-order valence-corrected chi connectivity index (χ2v) is 9.07. The largest absolute Gasteiger partial charge is 0.312 e. The van der Waals surface area contributed by atoms with Crippen LogP contribution in [0.25, 0.3) is 10.9 Å². The number of amides is 1. The summed E-state index contributed by atoms with van der Waals surface area (Å²) in [6.07, 6.45) is 0. The summed E-state index contributed by atoms with van der Waals surface area (Å²) in [4.78, 5) is 32.9. The smallest absolute Gasteiger partial charge is 0.262 e. The van der Waals surface area contributed by atoms with Crippen LogP contribution in [0.2, 0.25) is 5.02 Å². The van der Waals surface area contributed by atoms with Crippen molar-refractivity contribution in [1.82, 2.24) is 9.55 Å². The number of para-hydroxylation sites is 1. The lowest BCUT2D eigenvalue weighted by Crippen LogP contribution is -2.32. The summed E-state index contributed by atoms with van der Waals surface area (Å²) in [7, 11) is 0. The van der Waals surface area contributed by atoms with Gasteiger partial charge in [-0.15, -0.1) is 0 Å². The number of halogens is 1. The second-order valence-electron chi connectivity index (χ2n) is 7.69. The number of anilines is 1. The first-order chi connectivity index (χ1) is 16.0.